The molecule has 9 heteroatoms. The molecule has 1 aliphatic heterocycles. The largest absolute Gasteiger partial charge is 0.452 e. The molecule has 1 aliphatic rings. The van der Waals surface area contributed by atoms with E-state index in [1.165, 1.54) is 37.5 Å². The monoisotopic (exact) mass is 408 g/mol. The Morgan fingerprint density at radius 3 is 2.19 bits per heavy atom. The molecular formula is C17H23F3N2O2S2. The zero-order chi connectivity index (χ0) is 19.7. The fourth-order valence-corrected chi connectivity index (χ4v) is 3.32. The van der Waals surface area contributed by atoms with E-state index in [0.717, 1.165) is 24.4 Å². The number of halogens is 3. The average molecular weight is 409 g/mol. The SMILES string of the molecule is CS.Cc1ccc(-c2noc(C(F)(F)F)c2C)s1.O=CN1CCCCC1. The van der Waals surface area contributed by atoms with E-state index in [1.54, 1.807) is 12.3 Å². The van der Waals surface area contributed by atoms with Crippen LogP contribution in [0.15, 0.2) is 16.7 Å². The maximum absolute atomic E-state index is 12.5. The van der Waals surface area contributed by atoms with Crippen LogP contribution in [0, 0.1) is 13.8 Å². The third-order valence-electron chi connectivity index (χ3n) is 3.69. The van der Waals surface area contributed by atoms with Crippen LogP contribution < -0.4 is 0 Å². The van der Waals surface area contributed by atoms with Gasteiger partial charge in [0, 0.05) is 23.5 Å². The van der Waals surface area contributed by atoms with Gasteiger partial charge in [-0.1, -0.05) is 5.16 Å². The molecule has 0 bridgehead atoms. The third-order valence-corrected chi connectivity index (χ3v) is 4.70. The highest BCUT2D eigenvalue weighted by Gasteiger charge is 2.39. The summed E-state index contributed by atoms with van der Waals surface area (Å²) in [7, 11) is 0. The van der Waals surface area contributed by atoms with Crippen molar-refractivity contribution in [3.63, 3.8) is 0 Å². The minimum atomic E-state index is -4.48. The molecule has 1 amide bonds. The first-order chi connectivity index (χ1) is 12.3. The molecule has 2 aromatic heterocycles. The third kappa shape index (κ3) is 6.35. The van der Waals surface area contributed by atoms with Gasteiger partial charge < -0.3 is 9.42 Å². The van der Waals surface area contributed by atoms with Crippen molar-refractivity contribution in [1.29, 1.82) is 0 Å². The number of thiol groups is 1. The maximum atomic E-state index is 12.5. The number of hydrogen-bond acceptors (Lipinski definition) is 5. The van der Waals surface area contributed by atoms with Crippen molar-refractivity contribution in [2.24, 2.45) is 0 Å². The Hall–Kier alpha value is -1.48. The Morgan fingerprint density at radius 1 is 1.19 bits per heavy atom. The van der Waals surface area contributed by atoms with Gasteiger partial charge in [0.1, 0.15) is 5.69 Å². The van der Waals surface area contributed by atoms with Gasteiger partial charge in [-0.25, -0.2) is 0 Å². The highest BCUT2D eigenvalue weighted by atomic mass is 32.1. The molecule has 0 atom stereocenters. The lowest BCUT2D eigenvalue weighted by molar-refractivity contribution is -0.156. The number of piperidine rings is 1. The van der Waals surface area contributed by atoms with Gasteiger partial charge in [-0.05, 0) is 51.5 Å². The van der Waals surface area contributed by atoms with Crippen molar-refractivity contribution in [2.75, 3.05) is 19.3 Å². The van der Waals surface area contributed by atoms with Crippen LogP contribution in [0.25, 0.3) is 10.6 Å². The van der Waals surface area contributed by atoms with Crippen molar-refractivity contribution in [3.05, 3.63) is 28.3 Å². The van der Waals surface area contributed by atoms with Crippen LogP contribution in [0.3, 0.4) is 0 Å². The number of alkyl halides is 3. The summed E-state index contributed by atoms with van der Waals surface area (Å²) in [4.78, 5) is 13.6. The summed E-state index contributed by atoms with van der Waals surface area (Å²) in [5.74, 6) is -1.02. The maximum Gasteiger partial charge on any atom is 0.452 e. The second-order valence-electron chi connectivity index (χ2n) is 5.60. The average Bonchev–Trinajstić information content (AvgIpc) is 3.23. The molecule has 2 aromatic rings. The second kappa shape index (κ2) is 10.6. The molecule has 1 saturated heterocycles. The van der Waals surface area contributed by atoms with Crippen LogP contribution in [-0.2, 0) is 11.0 Å². The van der Waals surface area contributed by atoms with Crippen LogP contribution in [-0.4, -0.2) is 35.8 Å². The van der Waals surface area contributed by atoms with E-state index in [-0.39, 0.29) is 11.3 Å². The molecule has 0 saturated carbocycles. The van der Waals surface area contributed by atoms with Crippen molar-refractivity contribution in [1.82, 2.24) is 10.1 Å². The van der Waals surface area contributed by atoms with Crippen molar-refractivity contribution >= 4 is 30.4 Å². The van der Waals surface area contributed by atoms with Gasteiger partial charge in [0.2, 0.25) is 12.2 Å². The number of thiophene rings is 1. The number of hydrogen-bond donors (Lipinski definition) is 1. The molecule has 0 aromatic carbocycles. The Labute approximate surface area is 160 Å². The first kappa shape index (κ1) is 22.6. The van der Waals surface area contributed by atoms with Crippen molar-refractivity contribution < 1.29 is 22.5 Å². The topological polar surface area (TPSA) is 46.3 Å². The number of likely N-dealkylation sites (tertiary alicyclic amines) is 1. The van der Waals surface area contributed by atoms with E-state index in [2.05, 4.69) is 22.3 Å². The summed E-state index contributed by atoms with van der Waals surface area (Å²) in [6.07, 6.45) is 1.84. The van der Waals surface area contributed by atoms with E-state index in [4.69, 9.17) is 0 Å². The molecule has 146 valence electrons. The Kier molecular flexibility index (Phi) is 9.21. The number of nitrogens with zero attached hydrogens (tertiary/aromatic N) is 2. The molecule has 0 N–H and O–H groups in total. The van der Waals surface area contributed by atoms with E-state index in [0.29, 0.717) is 4.88 Å². The molecule has 1 fully saturated rings. The van der Waals surface area contributed by atoms with Gasteiger partial charge in [0.25, 0.3) is 0 Å². The number of carbonyl (C=O) groups excluding carboxylic acids is 1. The van der Waals surface area contributed by atoms with Crippen LogP contribution >= 0.6 is 24.0 Å². The van der Waals surface area contributed by atoms with Gasteiger partial charge in [0.05, 0.1) is 4.88 Å². The molecule has 4 nitrogen and oxygen atoms in total. The Balaban J connectivity index is 0.000000284. The molecule has 0 radical (unpaired) electrons. The van der Waals surface area contributed by atoms with Gasteiger partial charge >= 0.3 is 6.18 Å². The summed E-state index contributed by atoms with van der Waals surface area (Å²) in [6, 6.07) is 3.58. The van der Waals surface area contributed by atoms with Gasteiger partial charge in [0.15, 0.2) is 0 Å². The number of aromatic nitrogens is 1. The van der Waals surface area contributed by atoms with Crippen LogP contribution in [0.2, 0.25) is 0 Å². The van der Waals surface area contributed by atoms with Gasteiger partial charge in [-0.3, -0.25) is 4.79 Å². The lowest BCUT2D eigenvalue weighted by Crippen LogP contribution is -2.27. The van der Waals surface area contributed by atoms with E-state index < -0.39 is 11.9 Å². The standard InChI is InChI=1S/C10H8F3NOS.C6H11NO.CH4S/c1-5-3-4-7(16-5)8-6(2)9(15-14-8)10(11,12)13;8-6-7-4-2-1-3-5-7;1-2/h3-4H,1-2H3;6H,1-5H2;2H,1H3. The molecule has 0 unspecified atom stereocenters. The normalized spacial score (nSPS) is 14.0. The zero-order valence-corrected chi connectivity index (χ0v) is 16.7. The van der Waals surface area contributed by atoms with Gasteiger partial charge in [-0.15, -0.1) is 11.3 Å². The summed E-state index contributed by atoms with van der Waals surface area (Å²) in [5, 5.41) is 3.48. The van der Waals surface area contributed by atoms with Crippen molar-refractivity contribution in [3.8, 4) is 10.6 Å². The predicted molar refractivity (Wildman–Crippen MR) is 101 cm³/mol. The van der Waals surface area contributed by atoms with E-state index >= 15 is 0 Å². The van der Waals surface area contributed by atoms with E-state index in [1.807, 2.05) is 17.9 Å². The first-order valence-corrected chi connectivity index (χ1v) is 9.78. The van der Waals surface area contributed by atoms with Crippen LogP contribution in [0.5, 0.6) is 0 Å². The first-order valence-electron chi connectivity index (χ1n) is 8.07. The lowest BCUT2D eigenvalue weighted by Gasteiger charge is -2.21. The minimum Gasteiger partial charge on any atom is -0.351 e. The number of amides is 1. The van der Waals surface area contributed by atoms with Crippen molar-refractivity contribution in [2.45, 2.75) is 39.3 Å². The molecule has 0 spiro atoms. The minimum absolute atomic E-state index is 0.0364. The number of carbonyl (C=O) groups is 1. The molecule has 3 heterocycles. The summed E-state index contributed by atoms with van der Waals surface area (Å²) in [5.41, 5.74) is 0.305. The molecule has 3 rings (SSSR count). The smallest absolute Gasteiger partial charge is 0.351 e. The molecular weight excluding hydrogens is 385 g/mol. The molecule has 26 heavy (non-hydrogen) atoms. The van der Waals surface area contributed by atoms with Crippen LogP contribution in [0.1, 0.15) is 35.5 Å². The molecule has 0 aliphatic carbocycles. The highest BCUT2D eigenvalue weighted by Crippen LogP contribution is 2.37. The second-order valence-corrected chi connectivity index (χ2v) is 6.88. The van der Waals surface area contributed by atoms with E-state index in [9.17, 15) is 18.0 Å². The number of rotatable bonds is 2. The zero-order valence-electron chi connectivity index (χ0n) is 15.0. The summed E-state index contributed by atoms with van der Waals surface area (Å²) >= 11 is 4.92. The Bertz CT molecular complexity index is 678. The Morgan fingerprint density at radius 2 is 1.81 bits per heavy atom. The quantitative estimate of drug-likeness (QED) is 0.548. The highest BCUT2D eigenvalue weighted by molar-refractivity contribution is 7.79. The predicted octanol–water partition coefficient (Wildman–Crippen LogP) is 5.21. The fraction of sp³-hybridized carbons (Fsp3) is 0.529. The van der Waals surface area contributed by atoms with Crippen LogP contribution in [0.4, 0.5) is 13.2 Å². The number of aryl methyl sites for hydroxylation is 1. The van der Waals surface area contributed by atoms with Gasteiger partial charge in [-0.2, -0.15) is 25.8 Å². The lowest BCUT2D eigenvalue weighted by atomic mass is 10.1. The summed E-state index contributed by atoms with van der Waals surface area (Å²) in [6.45, 7) is 5.20. The fourth-order valence-electron chi connectivity index (χ4n) is 2.42. The summed E-state index contributed by atoms with van der Waals surface area (Å²) < 4.78 is 41.7.